The largest absolute Gasteiger partial charge is 0.422 e. The Morgan fingerprint density at radius 1 is 1.18 bits per heavy atom. The van der Waals surface area contributed by atoms with Crippen molar-refractivity contribution in [3.63, 3.8) is 0 Å². The lowest BCUT2D eigenvalue weighted by Crippen LogP contribution is -2.29. The Balaban J connectivity index is 1.55. The van der Waals surface area contributed by atoms with E-state index in [4.69, 9.17) is 4.42 Å². The van der Waals surface area contributed by atoms with E-state index in [0.717, 1.165) is 41.8 Å². The van der Waals surface area contributed by atoms with Gasteiger partial charge in [-0.25, -0.2) is 9.78 Å². The first-order chi connectivity index (χ1) is 13.6. The summed E-state index contributed by atoms with van der Waals surface area (Å²) >= 11 is 0. The quantitative estimate of drug-likeness (QED) is 0.558. The molecule has 6 heteroatoms. The molecule has 1 aliphatic rings. The third-order valence-corrected chi connectivity index (χ3v) is 5.56. The predicted molar refractivity (Wildman–Crippen MR) is 111 cm³/mol. The topological polar surface area (TPSA) is 62.8 Å². The Morgan fingerprint density at radius 2 is 2.07 bits per heavy atom. The lowest BCUT2D eigenvalue weighted by Gasteiger charge is -2.18. The summed E-state index contributed by atoms with van der Waals surface area (Å²) in [4.78, 5) is 19.6. The molecule has 0 unspecified atom stereocenters. The Labute approximate surface area is 162 Å². The highest BCUT2D eigenvalue weighted by molar-refractivity contribution is 5.84. The summed E-state index contributed by atoms with van der Waals surface area (Å²) in [5.74, 6) is 0. The molecule has 0 amide bonds. The Morgan fingerprint density at radius 3 is 2.89 bits per heavy atom. The highest BCUT2D eigenvalue weighted by Crippen LogP contribution is 2.27. The first-order valence-electron chi connectivity index (χ1n) is 9.56. The number of rotatable bonds is 3. The first kappa shape index (κ1) is 17.0. The van der Waals surface area contributed by atoms with Gasteiger partial charge in [0.1, 0.15) is 11.2 Å². The second kappa shape index (κ2) is 6.49. The van der Waals surface area contributed by atoms with Gasteiger partial charge in [-0.2, -0.15) is 0 Å². The van der Waals surface area contributed by atoms with Crippen LogP contribution < -0.4 is 15.8 Å². The number of hydrogen-bond donors (Lipinski definition) is 1. The Bertz CT molecular complexity index is 1240. The molecule has 5 rings (SSSR count). The van der Waals surface area contributed by atoms with E-state index in [0.29, 0.717) is 22.9 Å². The summed E-state index contributed by atoms with van der Waals surface area (Å²) in [5, 5.41) is 4.22. The number of nitrogens with zero attached hydrogens (tertiary/aromatic N) is 3. The Hall–Kier alpha value is -3.12. The number of likely N-dealkylation sites (N-methyl/N-ethyl adjacent to an activating group) is 1. The molecular weight excluding hydrogens is 352 g/mol. The molecule has 0 radical (unpaired) electrons. The van der Waals surface area contributed by atoms with E-state index >= 15 is 0 Å². The first-order valence-corrected chi connectivity index (χ1v) is 9.56. The standard InChI is InChI=1S/C22H22N4O2/c1-14-3-6-21-24-19(13-26(21)11-14)18-9-15-4-5-17(10-20(15)28-22(18)27)25-8-7-16(12-25)23-2/h3-6,9-11,13,16,23H,7-8,12H2,1-2H3/t16-/m0/s1. The van der Waals surface area contributed by atoms with Crippen molar-refractivity contribution in [3.05, 3.63) is 64.8 Å². The molecule has 1 atom stereocenters. The highest BCUT2D eigenvalue weighted by Gasteiger charge is 2.21. The molecule has 1 N–H and O–H groups in total. The highest BCUT2D eigenvalue weighted by atomic mass is 16.4. The van der Waals surface area contributed by atoms with Crippen LogP contribution in [0.2, 0.25) is 0 Å². The van der Waals surface area contributed by atoms with Crippen LogP contribution in [0.3, 0.4) is 0 Å². The molecule has 1 aliphatic heterocycles. The second-order valence-electron chi connectivity index (χ2n) is 7.49. The van der Waals surface area contributed by atoms with Crippen molar-refractivity contribution in [2.75, 3.05) is 25.0 Å². The van der Waals surface area contributed by atoms with Crippen LogP contribution in [-0.2, 0) is 0 Å². The van der Waals surface area contributed by atoms with Gasteiger partial charge in [0.05, 0.1) is 11.3 Å². The maximum atomic E-state index is 12.7. The van der Waals surface area contributed by atoms with Gasteiger partial charge in [-0.3, -0.25) is 0 Å². The summed E-state index contributed by atoms with van der Waals surface area (Å²) in [6.07, 6.45) is 4.98. The predicted octanol–water partition coefficient (Wildman–Crippen LogP) is 3.21. The molecule has 28 heavy (non-hydrogen) atoms. The number of pyridine rings is 1. The summed E-state index contributed by atoms with van der Waals surface area (Å²) in [7, 11) is 2.00. The maximum Gasteiger partial charge on any atom is 0.345 e. The van der Waals surface area contributed by atoms with Crippen LogP contribution in [0.25, 0.3) is 27.9 Å². The van der Waals surface area contributed by atoms with Gasteiger partial charge in [-0.1, -0.05) is 6.07 Å². The van der Waals surface area contributed by atoms with Gasteiger partial charge in [0.25, 0.3) is 0 Å². The molecule has 3 aromatic heterocycles. The van der Waals surface area contributed by atoms with Gasteiger partial charge in [0, 0.05) is 48.7 Å². The maximum absolute atomic E-state index is 12.7. The van der Waals surface area contributed by atoms with Crippen molar-refractivity contribution in [2.45, 2.75) is 19.4 Å². The zero-order valence-electron chi connectivity index (χ0n) is 16.0. The van der Waals surface area contributed by atoms with E-state index < -0.39 is 0 Å². The normalized spacial score (nSPS) is 17.1. The summed E-state index contributed by atoms with van der Waals surface area (Å²) in [6, 6.07) is 12.4. The minimum atomic E-state index is -0.362. The minimum Gasteiger partial charge on any atom is -0.422 e. The van der Waals surface area contributed by atoms with Gasteiger partial charge < -0.3 is 19.0 Å². The van der Waals surface area contributed by atoms with Crippen molar-refractivity contribution in [2.24, 2.45) is 0 Å². The van der Waals surface area contributed by atoms with Crippen molar-refractivity contribution >= 4 is 22.3 Å². The van der Waals surface area contributed by atoms with Crippen LogP contribution in [0.1, 0.15) is 12.0 Å². The SMILES string of the molecule is CN[C@H]1CCN(c2ccc3cc(-c4cn5cc(C)ccc5n4)c(=O)oc3c2)C1. The fraction of sp³-hybridized carbons (Fsp3) is 0.273. The number of fused-ring (bicyclic) bond motifs is 2. The summed E-state index contributed by atoms with van der Waals surface area (Å²) in [6.45, 7) is 3.99. The van der Waals surface area contributed by atoms with Crippen LogP contribution in [0.4, 0.5) is 5.69 Å². The number of nitrogens with one attached hydrogen (secondary N) is 1. The molecule has 1 aromatic carbocycles. The molecule has 1 fully saturated rings. The molecule has 0 saturated carbocycles. The van der Waals surface area contributed by atoms with Gasteiger partial charge >= 0.3 is 5.63 Å². The lowest BCUT2D eigenvalue weighted by atomic mass is 10.1. The summed E-state index contributed by atoms with van der Waals surface area (Å²) < 4.78 is 7.61. The lowest BCUT2D eigenvalue weighted by molar-refractivity contribution is 0.563. The smallest absolute Gasteiger partial charge is 0.345 e. The van der Waals surface area contributed by atoms with E-state index in [1.54, 1.807) is 0 Å². The van der Waals surface area contributed by atoms with E-state index in [1.165, 1.54) is 0 Å². The number of benzene rings is 1. The molecule has 1 saturated heterocycles. The van der Waals surface area contributed by atoms with Crippen molar-refractivity contribution in [1.29, 1.82) is 0 Å². The second-order valence-corrected chi connectivity index (χ2v) is 7.49. The van der Waals surface area contributed by atoms with Crippen LogP contribution in [0, 0.1) is 6.92 Å². The number of hydrogen-bond acceptors (Lipinski definition) is 5. The Kier molecular flexibility index (Phi) is 3.94. The zero-order valence-corrected chi connectivity index (χ0v) is 16.0. The van der Waals surface area contributed by atoms with E-state index in [1.807, 2.05) is 61.1 Å². The fourth-order valence-electron chi connectivity index (χ4n) is 3.94. The molecule has 142 valence electrons. The number of aryl methyl sites for hydroxylation is 1. The average Bonchev–Trinajstić information content (AvgIpc) is 3.33. The fourth-order valence-corrected chi connectivity index (χ4v) is 3.94. The average molecular weight is 374 g/mol. The zero-order chi connectivity index (χ0) is 19.3. The van der Waals surface area contributed by atoms with Crippen molar-refractivity contribution in [3.8, 4) is 11.3 Å². The number of anilines is 1. The molecule has 4 aromatic rings. The van der Waals surface area contributed by atoms with Crippen LogP contribution in [-0.4, -0.2) is 35.6 Å². The van der Waals surface area contributed by atoms with Gasteiger partial charge in [0.15, 0.2) is 0 Å². The third-order valence-electron chi connectivity index (χ3n) is 5.56. The molecule has 0 spiro atoms. The van der Waals surface area contributed by atoms with Crippen LogP contribution >= 0.6 is 0 Å². The third kappa shape index (κ3) is 2.86. The number of imidazole rings is 1. The number of aromatic nitrogens is 2. The van der Waals surface area contributed by atoms with E-state index in [2.05, 4.69) is 21.3 Å². The molecular formula is C22H22N4O2. The van der Waals surface area contributed by atoms with E-state index in [9.17, 15) is 4.79 Å². The van der Waals surface area contributed by atoms with Crippen LogP contribution in [0.5, 0.6) is 0 Å². The van der Waals surface area contributed by atoms with Crippen molar-refractivity contribution < 1.29 is 4.42 Å². The summed E-state index contributed by atoms with van der Waals surface area (Å²) in [5.41, 5.74) is 4.39. The molecule has 0 bridgehead atoms. The monoisotopic (exact) mass is 374 g/mol. The molecule has 6 nitrogen and oxygen atoms in total. The molecule has 0 aliphatic carbocycles. The van der Waals surface area contributed by atoms with Gasteiger partial charge in [-0.05, 0) is 50.2 Å². The van der Waals surface area contributed by atoms with Crippen LogP contribution in [0.15, 0.2) is 58.0 Å². The van der Waals surface area contributed by atoms with Gasteiger partial charge in [0.2, 0.25) is 0 Å². The van der Waals surface area contributed by atoms with E-state index in [-0.39, 0.29) is 5.63 Å². The minimum absolute atomic E-state index is 0.362. The molecule has 4 heterocycles. The van der Waals surface area contributed by atoms with Crippen molar-refractivity contribution in [1.82, 2.24) is 14.7 Å². The van der Waals surface area contributed by atoms with Gasteiger partial charge in [-0.15, -0.1) is 0 Å².